The molecule has 0 atom stereocenters. The van der Waals surface area contributed by atoms with E-state index >= 15 is 0 Å². The van der Waals surface area contributed by atoms with Gasteiger partial charge in [0.05, 0.1) is 0 Å². The first-order valence-corrected chi connectivity index (χ1v) is 3.87. The Hall–Kier alpha value is -0.790. The van der Waals surface area contributed by atoms with Crippen LogP contribution < -0.4 is 0 Å². The molecule has 2 nitrogen and oxygen atoms in total. The van der Waals surface area contributed by atoms with E-state index in [0.717, 1.165) is 19.3 Å². The second-order valence-electron chi connectivity index (χ2n) is 2.96. The lowest BCUT2D eigenvalue weighted by atomic mass is 9.82. The monoisotopic (exact) mass is 153 g/mol. The van der Waals surface area contributed by atoms with E-state index in [4.69, 9.17) is 4.74 Å². The number of ether oxygens (including phenoxy) is 1. The molecule has 0 aromatic carbocycles. The molecular formula is C9H13O2. The fourth-order valence-corrected chi connectivity index (χ4v) is 1.06. The van der Waals surface area contributed by atoms with Crippen molar-refractivity contribution in [2.75, 3.05) is 0 Å². The fraction of sp³-hybridized carbons (Fsp3) is 0.556. The summed E-state index contributed by atoms with van der Waals surface area (Å²) in [6, 6.07) is 0. The Kier molecular flexibility index (Phi) is 2.32. The molecule has 0 N–H and O–H groups in total. The number of hydrogen-bond donors (Lipinski definition) is 0. The van der Waals surface area contributed by atoms with Crippen LogP contribution in [0.2, 0.25) is 0 Å². The second-order valence-corrected chi connectivity index (χ2v) is 2.96. The van der Waals surface area contributed by atoms with Crippen molar-refractivity contribution < 1.29 is 9.53 Å². The van der Waals surface area contributed by atoms with E-state index < -0.39 is 5.60 Å². The molecule has 2 heteroatoms. The summed E-state index contributed by atoms with van der Waals surface area (Å²) in [4.78, 5) is 10.9. The zero-order chi connectivity index (χ0) is 8.32. The first-order valence-electron chi connectivity index (χ1n) is 3.87. The van der Waals surface area contributed by atoms with Gasteiger partial charge in [0.1, 0.15) is 5.60 Å². The molecule has 1 saturated carbocycles. The van der Waals surface area contributed by atoms with E-state index in [1.165, 1.54) is 6.08 Å². The van der Waals surface area contributed by atoms with Crippen LogP contribution in [0, 0.1) is 6.92 Å². The van der Waals surface area contributed by atoms with Crippen molar-refractivity contribution in [2.24, 2.45) is 0 Å². The van der Waals surface area contributed by atoms with Crippen molar-refractivity contribution in [1.29, 1.82) is 0 Å². The van der Waals surface area contributed by atoms with E-state index in [1.807, 2.05) is 0 Å². The molecule has 0 bridgehead atoms. The predicted molar refractivity (Wildman–Crippen MR) is 42.8 cm³/mol. The van der Waals surface area contributed by atoms with Crippen LogP contribution in [0.5, 0.6) is 0 Å². The lowest BCUT2D eigenvalue weighted by Crippen LogP contribution is -2.38. The van der Waals surface area contributed by atoms with E-state index in [9.17, 15) is 4.79 Å². The molecule has 0 spiro atoms. The van der Waals surface area contributed by atoms with Crippen LogP contribution in [0.1, 0.15) is 26.2 Å². The molecular weight excluding hydrogens is 140 g/mol. The molecule has 11 heavy (non-hydrogen) atoms. The zero-order valence-corrected chi connectivity index (χ0v) is 6.80. The highest BCUT2D eigenvalue weighted by atomic mass is 16.6. The standard InChI is InChI=1S/C9H13O2/c1-3-5-8(10)11-9(2)6-4-7-9/h3,5H,2,4,6-7H2,1H3/b5-3+. The average Bonchev–Trinajstić information content (AvgIpc) is 1.85. The summed E-state index contributed by atoms with van der Waals surface area (Å²) in [5, 5.41) is 0. The highest BCUT2D eigenvalue weighted by Crippen LogP contribution is 2.34. The maximum absolute atomic E-state index is 10.9. The van der Waals surface area contributed by atoms with Gasteiger partial charge >= 0.3 is 5.97 Å². The van der Waals surface area contributed by atoms with Gasteiger partial charge in [-0.05, 0) is 33.1 Å². The third kappa shape index (κ3) is 2.07. The summed E-state index contributed by atoms with van der Waals surface area (Å²) in [5.74, 6) is -0.276. The second kappa shape index (κ2) is 3.07. The van der Waals surface area contributed by atoms with Crippen molar-refractivity contribution in [3.63, 3.8) is 0 Å². The van der Waals surface area contributed by atoms with Crippen LogP contribution >= 0.6 is 0 Å². The molecule has 61 valence electrons. The van der Waals surface area contributed by atoms with Gasteiger partial charge in [-0.2, -0.15) is 0 Å². The van der Waals surface area contributed by atoms with Crippen molar-refractivity contribution in [3.8, 4) is 0 Å². The van der Waals surface area contributed by atoms with Crippen LogP contribution in [0.4, 0.5) is 0 Å². The minimum Gasteiger partial charge on any atom is -0.456 e. The molecule has 0 saturated heterocycles. The number of carbonyl (C=O) groups excluding carboxylic acids is 1. The Labute approximate surface area is 67.2 Å². The average molecular weight is 153 g/mol. The van der Waals surface area contributed by atoms with Crippen molar-refractivity contribution in [3.05, 3.63) is 19.1 Å². The summed E-state index contributed by atoms with van der Waals surface area (Å²) < 4.78 is 5.08. The maximum Gasteiger partial charge on any atom is 0.330 e. The lowest BCUT2D eigenvalue weighted by Gasteiger charge is -2.36. The van der Waals surface area contributed by atoms with E-state index in [0.29, 0.717) is 0 Å². The van der Waals surface area contributed by atoms with E-state index in [2.05, 4.69) is 6.92 Å². The highest BCUT2D eigenvalue weighted by molar-refractivity contribution is 5.82. The Morgan fingerprint density at radius 3 is 2.64 bits per heavy atom. The van der Waals surface area contributed by atoms with Crippen LogP contribution in [-0.2, 0) is 9.53 Å². The minimum atomic E-state index is -0.406. The SMILES string of the molecule is [CH2]C1(OC(=O)/C=C/C)CCC1. The van der Waals surface area contributed by atoms with E-state index in [-0.39, 0.29) is 5.97 Å². The van der Waals surface area contributed by atoms with Gasteiger partial charge in [-0.25, -0.2) is 4.79 Å². The molecule has 0 aliphatic heterocycles. The van der Waals surface area contributed by atoms with Crippen LogP contribution in [0.25, 0.3) is 0 Å². The predicted octanol–water partition coefficient (Wildman–Crippen LogP) is 1.86. The fourth-order valence-electron chi connectivity index (χ4n) is 1.06. The molecule has 0 unspecified atom stereocenters. The molecule has 1 radical (unpaired) electrons. The first kappa shape index (κ1) is 8.31. The van der Waals surface area contributed by atoms with Gasteiger partial charge in [0, 0.05) is 6.08 Å². The summed E-state index contributed by atoms with van der Waals surface area (Å²) in [6.45, 7) is 5.61. The quantitative estimate of drug-likeness (QED) is 0.447. The number of hydrogen-bond acceptors (Lipinski definition) is 2. The van der Waals surface area contributed by atoms with Crippen LogP contribution in [0.15, 0.2) is 12.2 Å². The molecule has 0 aromatic rings. The Morgan fingerprint density at radius 2 is 2.27 bits per heavy atom. The Bertz CT molecular complexity index is 178. The highest BCUT2D eigenvalue weighted by Gasteiger charge is 2.35. The van der Waals surface area contributed by atoms with Gasteiger partial charge in [-0.1, -0.05) is 6.08 Å². The number of esters is 1. The van der Waals surface area contributed by atoms with Gasteiger partial charge in [0.2, 0.25) is 0 Å². The van der Waals surface area contributed by atoms with E-state index in [1.54, 1.807) is 13.0 Å². The molecule has 0 heterocycles. The molecule has 1 aliphatic carbocycles. The number of rotatable bonds is 2. The minimum absolute atomic E-state index is 0.276. The van der Waals surface area contributed by atoms with Crippen LogP contribution in [0.3, 0.4) is 0 Å². The van der Waals surface area contributed by atoms with Gasteiger partial charge in [-0.3, -0.25) is 0 Å². The molecule has 1 aliphatic rings. The van der Waals surface area contributed by atoms with Crippen molar-refractivity contribution in [2.45, 2.75) is 31.8 Å². The maximum atomic E-state index is 10.9. The Balaban J connectivity index is 2.35. The molecule has 0 amide bonds. The number of carbonyl (C=O) groups is 1. The molecule has 0 aromatic heterocycles. The summed E-state index contributed by atoms with van der Waals surface area (Å²) >= 11 is 0. The van der Waals surface area contributed by atoms with Gasteiger partial charge in [-0.15, -0.1) is 0 Å². The first-order chi connectivity index (χ1) is 5.16. The smallest absolute Gasteiger partial charge is 0.330 e. The van der Waals surface area contributed by atoms with Crippen LogP contribution in [-0.4, -0.2) is 11.6 Å². The van der Waals surface area contributed by atoms with Gasteiger partial charge in [0.25, 0.3) is 0 Å². The summed E-state index contributed by atoms with van der Waals surface area (Å²) in [5.41, 5.74) is -0.406. The molecule has 1 fully saturated rings. The summed E-state index contributed by atoms with van der Waals surface area (Å²) in [7, 11) is 0. The zero-order valence-electron chi connectivity index (χ0n) is 6.80. The third-order valence-electron chi connectivity index (χ3n) is 1.88. The van der Waals surface area contributed by atoms with Gasteiger partial charge in [0.15, 0.2) is 0 Å². The summed E-state index contributed by atoms with van der Waals surface area (Å²) in [6.07, 6.45) is 6.01. The van der Waals surface area contributed by atoms with Gasteiger partial charge < -0.3 is 4.74 Å². The topological polar surface area (TPSA) is 26.3 Å². The molecule has 1 rings (SSSR count). The normalized spacial score (nSPS) is 21.3. The largest absolute Gasteiger partial charge is 0.456 e. The lowest BCUT2D eigenvalue weighted by molar-refractivity contribution is -0.156. The number of allylic oxidation sites excluding steroid dienone is 1. The third-order valence-corrected chi connectivity index (χ3v) is 1.88. The van der Waals surface area contributed by atoms with Crippen molar-refractivity contribution in [1.82, 2.24) is 0 Å². The van der Waals surface area contributed by atoms with Crippen molar-refractivity contribution >= 4 is 5.97 Å². The Morgan fingerprint density at radius 1 is 1.64 bits per heavy atom.